The monoisotopic (exact) mass is 245 g/mol. The minimum Gasteiger partial charge on any atom is -0.482 e. The van der Waals surface area contributed by atoms with Crippen molar-refractivity contribution in [3.63, 3.8) is 0 Å². The molecule has 2 aromatic heterocycles. The number of ether oxygens (including phenoxy) is 1. The molecule has 18 heavy (non-hydrogen) atoms. The van der Waals surface area contributed by atoms with Gasteiger partial charge in [0.25, 0.3) is 0 Å². The van der Waals surface area contributed by atoms with Crippen LogP contribution >= 0.6 is 0 Å². The molecule has 3 nitrogen and oxygen atoms in total. The van der Waals surface area contributed by atoms with Gasteiger partial charge in [0.05, 0.1) is 12.6 Å². The Balaban J connectivity index is 2.69. The fourth-order valence-electron chi connectivity index (χ4n) is 2.11. The van der Waals surface area contributed by atoms with Crippen LogP contribution < -0.4 is 4.74 Å². The molecule has 0 amide bonds. The fraction of sp³-hybridized carbons (Fsp3) is 0.400. The molecule has 0 fully saturated rings. The molecule has 0 aliphatic rings. The highest BCUT2D eigenvalue weighted by Crippen LogP contribution is 2.24. The first kappa shape index (κ1) is 12.7. The van der Waals surface area contributed by atoms with E-state index in [1.807, 2.05) is 36.6 Å². The van der Waals surface area contributed by atoms with Crippen LogP contribution in [0.5, 0.6) is 5.88 Å². The van der Waals surface area contributed by atoms with Crippen LogP contribution in [-0.4, -0.2) is 17.3 Å². The number of methoxy groups -OCH3 is 1. The maximum atomic E-state index is 12.2. The fourth-order valence-corrected chi connectivity index (χ4v) is 2.11. The summed E-state index contributed by atoms with van der Waals surface area (Å²) in [4.78, 5) is 12.2. The Labute approximate surface area is 107 Å². The van der Waals surface area contributed by atoms with Gasteiger partial charge in [-0.15, -0.1) is 0 Å². The largest absolute Gasteiger partial charge is 0.482 e. The summed E-state index contributed by atoms with van der Waals surface area (Å²) in [6.45, 7) is 5.95. The molecule has 0 bridgehead atoms. The summed E-state index contributed by atoms with van der Waals surface area (Å²) in [5.74, 6) is 0.926. The van der Waals surface area contributed by atoms with Crippen molar-refractivity contribution in [3.05, 3.63) is 35.5 Å². The third-order valence-electron chi connectivity index (χ3n) is 3.19. The Morgan fingerprint density at radius 1 is 1.39 bits per heavy atom. The lowest BCUT2D eigenvalue weighted by molar-refractivity contribution is 0.0940. The van der Waals surface area contributed by atoms with Crippen molar-refractivity contribution in [3.8, 4) is 5.88 Å². The quantitative estimate of drug-likeness (QED) is 0.773. The normalized spacial score (nSPS) is 11.2. The number of aryl methyl sites for hydroxylation is 1. The highest BCUT2D eigenvalue weighted by molar-refractivity contribution is 6.03. The molecule has 0 aliphatic heterocycles. The summed E-state index contributed by atoms with van der Waals surface area (Å²) in [5, 5.41) is 0. The summed E-state index contributed by atoms with van der Waals surface area (Å²) in [7, 11) is 1.64. The van der Waals surface area contributed by atoms with Gasteiger partial charge in [-0.3, -0.25) is 9.20 Å². The molecule has 0 atom stereocenters. The van der Waals surface area contributed by atoms with Crippen molar-refractivity contribution < 1.29 is 9.53 Å². The van der Waals surface area contributed by atoms with Gasteiger partial charge in [0.1, 0.15) is 0 Å². The van der Waals surface area contributed by atoms with Crippen molar-refractivity contribution in [2.24, 2.45) is 5.92 Å². The van der Waals surface area contributed by atoms with Crippen LogP contribution in [-0.2, 0) is 6.42 Å². The zero-order valence-corrected chi connectivity index (χ0v) is 11.4. The van der Waals surface area contributed by atoms with E-state index in [0.29, 0.717) is 0 Å². The molecule has 0 spiro atoms. The van der Waals surface area contributed by atoms with Crippen LogP contribution in [0.15, 0.2) is 24.4 Å². The number of carbonyl (C=O) groups is 1. The van der Waals surface area contributed by atoms with Gasteiger partial charge in [-0.2, -0.15) is 0 Å². The number of Topliss-reactive ketones (excluding diaryl/α,β-unsaturated/α-hetero) is 1. The molecule has 2 rings (SSSR count). The van der Waals surface area contributed by atoms with Gasteiger partial charge in [0, 0.05) is 17.7 Å². The van der Waals surface area contributed by atoms with Gasteiger partial charge in [-0.1, -0.05) is 20.8 Å². The Hall–Kier alpha value is -1.77. The van der Waals surface area contributed by atoms with E-state index < -0.39 is 0 Å². The number of carbonyl (C=O) groups excluding carboxylic acids is 1. The van der Waals surface area contributed by atoms with E-state index >= 15 is 0 Å². The summed E-state index contributed by atoms with van der Waals surface area (Å²) in [5.41, 5.74) is 2.91. The second-order valence-corrected chi connectivity index (χ2v) is 4.77. The second kappa shape index (κ2) is 4.84. The Morgan fingerprint density at radius 2 is 2.11 bits per heavy atom. The third-order valence-corrected chi connectivity index (χ3v) is 3.19. The molecule has 0 N–H and O–H groups in total. The molecule has 0 aromatic carbocycles. The van der Waals surface area contributed by atoms with Gasteiger partial charge >= 0.3 is 0 Å². The standard InChI is InChI=1S/C15H19NO2/c1-5-11-8-13-12(15(17)10(2)3)6-7-14(18-4)16(13)9-11/h6-10H,5H2,1-4H3. The van der Waals surface area contributed by atoms with Gasteiger partial charge in [0.2, 0.25) is 0 Å². The minimum atomic E-state index is 0.00201. The second-order valence-electron chi connectivity index (χ2n) is 4.77. The van der Waals surface area contributed by atoms with E-state index in [0.717, 1.165) is 23.4 Å². The predicted molar refractivity (Wildman–Crippen MR) is 72.5 cm³/mol. The van der Waals surface area contributed by atoms with Crippen LogP contribution in [0.2, 0.25) is 0 Å². The molecule has 0 aliphatic carbocycles. The minimum absolute atomic E-state index is 0.00201. The molecule has 2 heterocycles. The number of aromatic nitrogens is 1. The average Bonchev–Trinajstić information content (AvgIpc) is 2.80. The predicted octanol–water partition coefficient (Wildman–Crippen LogP) is 3.35. The zero-order valence-electron chi connectivity index (χ0n) is 11.4. The van der Waals surface area contributed by atoms with Gasteiger partial charge in [0.15, 0.2) is 11.7 Å². The van der Waals surface area contributed by atoms with Crippen molar-refractivity contribution >= 4 is 11.3 Å². The summed E-state index contributed by atoms with van der Waals surface area (Å²) in [6.07, 6.45) is 2.98. The number of hydrogen-bond donors (Lipinski definition) is 0. The highest BCUT2D eigenvalue weighted by Gasteiger charge is 2.16. The Morgan fingerprint density at radius 3 is 2.67 bits per heavy atom. The lowest BCUT2D eigenvalue weighted by Crippen LogP contribution is -2.09. The molecule has 0 radical (unpaired) electrons. The van der Waals surface area contributed by atoms with E-state index in [1.165, 1.54) is 5.56 Å². The molecular formula is C15H19NO2. The number of hydrogen-bond acceptors (Lipinski definition) is 2. The summed E-state index contributed by atoms with van der Waals surface area (Å²) in [6, 6.07) is 5.77. The smallest absolute Gasteiger partial charge is 0.197 e. The molecule has 3 heteroatoms. The molecule has 0 saturated heterocycles. The van der Waals surface area contributed by atoms with Crippen LogP contribution in [0.4, 0.5) is 0 Å². The van der Waals surface area contributed by atoms with Crippen molar-refractivity contribution in [2.75, 3.05) is 7.11 Å². The number of rotatable bonds is 4. The first-order valence-electron chi connectivity index (χ1n) is 6.30. The molecular weight excluding hydrogens is 226 g/mol. The number of fused-ring (bicyclic) bond motifs is 1. The van der Waals surface area contributed by atoms with Crippen LogP contribution in [0.3, 0.4) is 0 Å². The highest BCUT2D eigenvalue weighted by atomic mass is 16.5. The average molecular weight is 245 g/mol. The number of ketones is 1. The Kier molecular flexibility index (Phi) is 3.41. The maximum Gasteiger partial charge on any atom is 0.197 e. The SMILES string of the molecule is CCc1cc2c(C(=O)C(C)C)ccc(OC)n2c1. The van der Waals surface area contributed by atoms with Crippen LogP contribution in [0.1, 0.15) is 36.7 Å². The van der Waals surface area contributed by atoms with E-state index in [9.17, 15) is 4.79 Å². The molecule has 2 aromatic rings. The first-order valence-corrected chi connectivity index (χ1v) is 6.30. The van der Waals surface area contributed by atoms with Gasteiger partial charge in [-0.25, -0.2) is 0 Å². The van der Waals surface area contributed by atoms with E-state index in [4.69, 9.17) is 4.74 Å². The van der Waals surface area contributed by atoms with E-state index in [1.54, 1.807) is 7.11 Å². The molecule has 96 valence electrons. The molecule has 0 unspecified atom stereocenters. The zero-order chi connectivity index (χ0) is 13.3. The van der Waals surface area contributed by atoms with Crippen molar-refractivity contribution in [2.45, 2.75) is 27.2 Å². The van der Waals surface area contributed by atoms with Crippen LogP contribution in [0.25, 0.3) is 5.52 Å². The number of pyridine rings is 1. The summed E-state index contributed by atoms with van der Waals surface area (Å²) >= 11 is 0. The maximum absolute atomic E-state index is 12.2. The topological polar surface area (TPSA) is 30.7 Å². The number of nitrogens with zero attached hydrogens (tertiary/aromatic N) is 1. The molecule has 0 saturated carbocycles. The van der Waals surface area contributed by atoms with E-state index in [2.05, 4.69) is 13.0 Å². The van der Waals surface area contributed by atoms with Crippen molar-refractivity contribution in [1.82, 2.24) is 4.40 Å². The first-order chi connectivity index (χ1) is 8.58. The van der Waals surface area contributed by atoms with Gasteiger partial charge < -0.3 is 4.74 Å². The lowest BCUT2D eigenvalue weighted by atomic mass is 10.0. The van der Waals surface area contributed by atoms with Crippen LogP contribution in [0, 0.1) is 5.92 Å². The summed E-state index contributed by atoms with van der Waals surface area (Å²) < 4.78 is 7.28. The van der Waals surface area contributed by atoms with E-state index in [-0.39, 0.29) is 11.7 Å². The van der Waals surface area contributed by atoms with Crippen molar-refractivity contribution in [1.29, 1.82) is 0 Å². The van der Waals surface area contributed by atoms with Gasteiger partial charge in [-0.05, 0) is 30.2 Å². The Bertz CT molecular complexity index is 581. The lowest BCUT2D eigenvalue weighted by Gasteiger charge is -2.10. The third kappa shape index (κ3) is 2.01.